The highest BCUT2D eigenvalue weighted by Crippen LogP contribution is 2.28. The van der Waals surface area contributed by atoms with E-state index in [1.807, 2.05) is 18.3 Å². The van der Waals surface area contributed by atoms with Gasteiger partial charge in [-0.2, -0.15) is 0 Å². The molecule has 0 spiro atoms. The Morgan fingerprint density at radius 1 is 1.37 bits per heavy atom. The normalized spacial score (nSPS) is 14.7. The standard InChI is InChI=1S/C14H22N4.HI/c1-2-15-14(18-11-12-6-7-12)17-10-8-13-5-3-4-9-16-13;/h3-5,9,12H,2,6-8,10-11H2,1H3,(H2,15,17,18);1H. The summed E-state index contributed by atoms with van der Waals surface area (Å²) in [5.74, 6) is 1.76. The van der Waals surface area contributed by atoms with Crippen molar-refractivity contribution in [2.24, 2.45) is 10.9 Å². The molecule has 0 bridgehead atoms. The molecular weight excluding hydrogens is 351 g/mol. The molecule has 1 heterocycles. The lowest BCUT2D eigenvalue weighted by Crippen LogP contribution is -2.38. The van der Waals surface area contributed by atoms with Crippen LogP contribution in [0, 0.1) is 5.92 Å². The molecule has 106 valence electrons. The van der Waals surface area contributed by atoms with Gasteiger partial charge in [-0.15, -0.1) is 24.0 Å². The minimum Gasteiger partial charge on any atom is -0.357 e. The van der Waals surface area contributed by atoms with Crippen LogP contribution < -0.4 is 10.6 Å². The molecule has 1 aliphatic rings. The molecule has 2 N–H and O–H groups in total. The van der Waals surface area contributed by atoms with Gasteiger partial charge in [0, 0.05) is 37.9 Å². The SMILES string of the molecule is CCNC(=NCC1CC1)NCCc1ccccn1.I. The van der Waals surface area contributed by atoms with Crippen LogP contribution in [-0.4, -0.2) is 30.6 Å². The number of rotatable bonds is 6. The van der Waals surface area contributed by atoms with E-state index in [1.54, 1.807) is 0 Å². The van der Waals surface area contributed by atoms with Crippen molar-refractivity contribution in [1.82, 2.24) is 15.6 Å². The molecule has 5 heteroatoms. The molecule has 1 saturated carbocycles. The van der Waals surface area contributed by atoms with Gasteiger partial charge in [0.2, 0.25) is 0 Å². The van der Waals surface area contributed by atoms with Crippen molar-refractivity contribution in [2.45, 2.75) is 26.2 Å². The maximum atomic E-state index is 4.58. The van der Waals surface area contributed by atoms with Crippen LogP contribution in [0.2, 0.25) is 0 Å². The Labute approximate surface area is 132 Å². The number of hydrogen-bond donors (Lipinski definition) is 2. The van der Waals surface area contributed by atoms with E-state index in [4.69, 9.17) is 0 Å². The lowest BCUT2D eigenvalue weighted by molar-refractivity contribution is 0.770. The van der Waals surface area contributed by atoms with Gasteiger partial charge >= 0.3 is 0 Å². The molecule has 1 aromatic heterocycles. The van der Waals surface area contributed by atoms with E-state index < -0.39 is 0 Å². The minimum absolute atomic E-state index is 0. The fraction of sp³-hybridized carbons (Fsp3) is 0.571. The number of guanidine groups is 1. The van der Waals surface area contributed by atoms with Gasteiger partial charge in [0.15, 0.2) is 5.96 Å². The summed E-state index contributed by atoms with van der Waals surface area (Å²) >= 11 is 0. The number of aliphatic imine (C=N–C) groups is 1. The molecule has 0 aliphatic heterocycles. The molecule has 0 saturated heterocycles. The van der Waals surface area contributed by atoms with Crippen LogP contribution in [0.15, 0.2) is 29.4 Å². The maximum absolute atomic E-state index is 4.58. The van der Waals surface area contributed by atoms with Crippen molar-refractivity contribution in [1.29, 1.82) is 0 Å². The summed E-state index contributed by atoms with van der Waals surface area (Å²) in [6.07, 6.45) is 5.45. The first-order valence-corrected chi connectivity index (χ1v) is 6.80. The van der Waals surface area contributed by atoms with Crippen molar-refractivity contribution >= 4 is 29.9 Å². The van der Waals surface area contributed by atoms with Crippen molar-refractivity contribution in [2.75, 3.05) is 19.6 Å². The Morgan fingerprint density at radius 3 is 2.84 bits per heavy atom. The van der Waals surface area contributed by atoms with Crippen molar-refractivity contribution in [3.8, 4) is 0 Å². The molecule has 0 amide bonds. The van der Waals surface area contributed by atoms with Gasteiger partial charge in [0.1, 0.15) is 0 Å². The molecule has 2 rings (SSSR count). The molecule has 0 atom stereocenters. The summed E-state index contributed by atoms with van der Waals surface area (Å²) in [5, 5.41) is 6.62. The van der Waals surface area contributed by atoms with E-state index in [2.05, 4.69) is 33.6 Å². The average Bonchev–Trinajstić information content (AvgIpc) is 3.21. The van der Waals surface area contributed by atoms with Crippen LogP contribution in [0.25, 0.3) is 0 Å². The van der Waals surface area contributed by atoms with E-state index in [0.29, 0.717) is 0 Å². The van der Waals surface area contributed by atoms with Gasteiger partial charge < -0.3 is 10.6 Å². The zero-order chi connectivity index (χ0) is 12.6. The zero-order valence-electron chi connectivity index (χ0n) is 11.4. The summed E-state index contributed by atoms with van der Waals surface area (Å²) in [6.45, 7) is 4.82. The van der Waals surface area contributed by atoms with E-state index in [-0.39, 0.29) is 24.0 Å². The van der Waals surface area contributed by atoms with Crippen LogP contribution in [-0.2, 0) is 6.42 Å². The Bertz CT molecular complexity index is 376. The third-order valence-electron chi connectivity index (χ3n) is 2.95. The fourth-order valence-corrected chi connectivity index (χ4v) is 1.72. The highest BCUT2D eigenvalue weighted by molar-refractivity contribution is 14.0. The number of halogens is 1. The molecule has 0 unspecified atom stereocenters. The van der Waals surface area contributed by atoms with Crippen LogP contribution in [0.3, 0.4) is 0 Å². The van der Waals surface area contributed by atoms with E-state index in [0.717, 1.165) is 43.6 Å². The fourth-order valence-electron chi connectivity index (χ4n) is 1.72. The molecule has 1 aromatic rings. The largest absolute Gasteiger partial charge is 0.357 e. The summed E-state index contributed by atoms with van der Waals surface area (Å²) in [7, 11) is 0. The summed E-state index contributed by atoms with van der Waals surface area (Å²) < 4.78 is 0. The Balaban J connectivity index is 0.00000180. The van der Waals surface area contributed by atoms with E-state index in [9.17, 15) is 0 Å². The minimum atomic E-state index is 0. The predicted octanol–water partition coefficient (Wildman–Crippen LogP) is 2.21. The number of hydrogen-bond acceptors (Lipinski definition) is 2. The quantitative estimate of drug-likeness (QED) is 0.456. The van der Waals surface area contributed by atoms with E-state index in [1.165, 1.54) is 12.8 Å². The third kappa shape index (κ3) is 6.75. The van der Waals surface area contributed by atoms with Crippen LogP contribution in [0.4, 0.5) is 0 Å². The topological polar surface area (TPSA) is 49.3 Å². The summed E-state index contributed by atoms with van der Waals surface area (Å²) in [4.78, 5) is 8.89. The first kappa shape index (κ1) is 16.2. The van der Waals surface area contributed by atoms with Gasteiger partial charge in [-0.1, -0.05) is 6.07 Å². The molecule has 19 heavy (non-hydrogen) atoms. The van der Waals surface area contributed by atoms with Gasteiger partial charge in [-0.25, -0.2) is 0 Å². The van der Waals surface area contributed by atoms with Crippen molar-refractivity contribution in [3.05, 3.63) is 30.1 Å². The second kappa shape index (κ2) is 9.12. The van der Waals surface area contributed by atoms with E-state index >= 15 is 0 Å². The zero-order valence-corrected chi connectivity index (χ0v) is 13.8. The van der Waals surface area contributed by atoms with Gasteiger partial charge in [-0.05, 0) is 37.8 Å². The first-order chi connectivity index (χ1) is 8.88. The number of nitrogens with one attached hydrogen (secondary N) is 2. The highest BCUT2D eigenvalue weighted by atomic mass is 127. The Morgan fingerprint density at radius 2 is 2.21 bits per heavy atom. The maximum Gasteiger partial charge on any atom is 0.191 e. The van der Waals surface area contributed by atoms with Crippen LogP contribution >= 0.6 is 24.0 Å². The van der Waals surface area contributed by atoms with Crippen LogP contribution in [0.5, 0.6) is 0 Å². The average molecular weight is 374 g/mol. The molecule has 0 radical (unpaired) electrons. The predicted molar refractivity (Wildman–Crippen MR) is 90.1 cm³/mol. The van der Waals surface area contributed by atoms with Crippen LogP contribution in [0.1, 0.15) is 25.5 Å². The summed E-state index contributed by atoms with van der Waals surface area (Å²) in [6, 6.07) is 6.02. The van der Waals surface area contributed by atoms with Gasteiger partial charge in [-0.3, -0.25) is 9.98 Å². The lowest BCUT2D eigenvalue weighted by Gasteiger charge is -2.10. The molecular formula is C14H23IN4. The number of nitrogens with zero attached hydrogens (tertiary/aromatic N) is 2. The summed E-state index contributed by atoms with van der Waals surface area (Å²) in [5.41, 5.74) is 1.11. The molecule has 1 aliphatic carbocycles. The van der Waals surface area contributed by atoms with Gasteiger partial charge in [0.25, 0.3) is 0 Å². The second-order valence-electron chi connectivity index (χ2n) is 4.66. The van der Waals surface area contributed by atoms with Gasteiger partial charge in [0.05, 0.1) is 0 Å². The van der Waals surface area contributed by atoms with Crippen molar-refractivity contribution < 1.29 is 0 Å². The molecule has 4 nitrogen and oxygen atoms in total. The first-order valence-electron chi connectivity index (χ1n) is 6.80. The monoisotopic (exact) mass is 374 g/mol. The smallest absolute Gasteiger partial charge is 0.191 e. The Kier molecular flexibility index (Phi) is 7.78. The highest BCUT2D eigenvalue weighted by Gasteiger charge is 2.20. The molecule has 1 fully saturated rings. The third-order valence-corrected chi connectivity index (χ3v) is 2.95. The number of aromatic nitrogens is 1. The second-order valence-corrected chi connectivity index (χ2v) is 4.66. The number of pyridine rings is 1. The Hall–Kier alpha value is -0.850. The lowest BCUT2D eigenvalue weighted by atomic mass is 10.3. The van der Waals surface area contributed by atoms with Crippen molar-refractivity contribution in [3.63, 3.8) is 0 Å². The molecule has 0 aromatic carbocycles.